The van der Waals surface area contributed by atoms with Gasteiger partial charge in [0.25, 0.3) is 0 Å². The van der Waals surface area contributed by atoms with Crippen molar-refractivity contribution in [1.82, 2.24) is 50.2 Å². The molecule has 0 bridgehead atoms. The topological polar surface area (TPSA) is 290 Å². The van der Waals surface area contributed by atoms with Crippen molar-refractivity contribution >= 4 is 70.6 Å². The SMILES string of the molecule is C/C=C/C[C@@H](C)C(=O)[C@H]1C(=O)C[C@@H](C(C)C)C(=O)N(C)CC(=O)N(C)[C@@H](CC(C)C)C(=O)N[C@@H](C(C)C)C(=O)N(C)[C@@H](CC(C)N)C(=O)N[C@@H](C)C(=O)N[C@@H](C)C(=O)N(C)[C@@H](CC(C)C)C(=O)N(C)[C@@H](CC(C)C)C(=O)N(C)C(C(C)C)C(=O)N1C. The monoisotopic (exact) mass is 1210 g/mol. The predicted octanol–water partition coefficient (Wildman–Crippen LogP) is 3.50. The van der Waals surface area contributed by atoms with E-state index in [1.165, 1.54) is 82.8 Å². The minimum atomic E-state index is -1.71. The zero-order valence-electron chi connectivity index (χ0n) is 56.6. The van der Waals surface area contributed by atoms with Gasteiger partial charge in [-0.15, -0.1) is 0 Å². The van der Waals surface area contributed by atoms with Gasteiger partial charge in [0.05, 0.1) is 6.54 Å². The van der Waals surface area contributed by atoms with Crippen LogP contribution < -0.4 is 21.7 Å². The Morgan fingerprint density at radius 1 is 0.500 bits per heavy atom. The summed E-state index contributed by atoms with van der Waals surface area (Å²) in [6.45, 7) is 28.8. The van der Waals surface area contributed by atoms with Crippen molar-refractivity contribution in [3.05, 3.63) is 12.2 Å². The van der Waals surface area contributed by atoms with Gasteiger partial charge in [0.1, 0.15) is 54.4 Å². The Morgan fingerprint density at radius 2 is 0.942 bits per heavy atom. The molecule has 1 heterocycles. The van der Waals surface area contributed by atoms with Crippen LogP contribution in [0.2, 0.25) is 0 Å². The van der Waals surface area contributed by atoms with Gasteiger partial charge in [-0.25, -0.2) is 0 Å². The molecule has 1 aliphatic heterocycles. The van der Waals surface area contributed by atoms with E-state index in [0.717, 1.165) is 14.7 Å². The number of Topliss-reactive ketones (excluding diaryl/α,β-unsaturated/α-hetero) is 2. The molecule has 0 aromatic rings. The maximum absolute atomic E-state index is 15.2. The number of nitrogens with zero attached hydrogens (tertiary/aromatic N) is 7. The number of hydrogen-bond donors (Lipinski definition) is 4. The fourth-order valence-electron chi connectivity index (χ4n) is 10.9. The van der Waals surface area contributed by atoms with Crippen molar-refractivity contribution in [2.45, 2.75) is 217 Å². The number of rotatable bonds is 15. The first-order valence-corrected chi connectivity index (χ1v) is 30.8. The molecule has 1 rings (SSSR count). The van der Waals surface area contributed by atoms with Crippen LogP contribution in [0.5, 0.6) is 0 Å². The van der Waals surface area contributed by atoms with Crippen molar-refractivity contribution in [3.8, 4) is 0 Å². The van der Waals surface area contributed by atoms with Crippen LogP contribution >= 0.6 is 0 Å². The van der Waals surface area contributed by atoms with Gasteiger partial charge in [-0.1, -0.05) is 102 Å². The van der Waals surface area contributed by atoms with Gasteiger partial charge in [0, 0.05) is 73.6 Å². The van der Waals surface area contributed by atoms with Crippen LogP contribution in [-0.2, 0) is 57.5 Å². The van der Waals surface area contributed by atoms with Crippen LogP contribution in [0.3, 0.4) is 0 Å². The zero-order valence-corrected chi connectivity index (χ0v) is 56.6. The minimum Gasteiger partial charge on any atom is -0.343 e. The van der Waals surface area contributed by atoms with Gasteiger partial charge in [0.15, 0.2) is 11.6 Å². The predicted molar refractivity (Wildman–Crippen MR) is 332 cm³/mol. The highest BCUT2D eigenvalue weighted by molar-refractivity contribution is 6.11. The molecule has 1 fully saturated rings. The quantitative estimate of drug-likeness (QED) is 0.135. The summed E-state index contributed by atoms with van der Waals surface area (Å²) in [7, 11) is 9.82. The molecular formula is C63H111N11O12. The van der Waals surface area contributed by atoms with Gasteiger partial charge in [0.2, 0.25) is 59.1 Å². The number of nitrogens with one attached hydrogen (secondary N) is 3. The van der Waals surface area contributed by atoms with E-state index in [9.17, 15) is 47.9 Å². The van der Waals surface area contributed by atoms with Gasteiger partial charge in [-0.3, -0.25) is 57.5 Å². The minimum absolute atomic E-state index is 0.0615. The number of nitrogens with two attached hydrogens (primary N) is 1. The van der Waals surface area contributed by atoms with E-state index in [1.807, 2.05) is 41.5 Å². The number of amides is 10. The zero-order chi connectivity index (χ0) is 66.8. The van der Waals surface area contributed by atoms with Gasteiger partial charge < -0.3 is 56.0 Å². The molecule has 0 aromatic heterocycles. The molecule has 23 heteroatoms. The van der Waals surface area contributed by atoms with Crippen LogP contribution in [0.4, 0.5) is 0 Å². The second-order valence-corrected chi connectivity index (χ2v) is 26.5. The summed E-state index contributed by atoms with van der Waals surface area (Å²) in [5, 5.41) is 8.13. The molecule has 0 spiro atoms. The standard InChI is InChI=1S/C63H111N11O12/c1-25-26-27-40(14)54(77)53-49(75)32-44(37(8)9)59(82)68(18)33-50(76)69(19)45(28-34(2)3)57(80)67-51(38(10)11)62(85)70(20)46(31-41(15)64)56(79)65-42(16)55(78)66-43(17)58(81)71(21)47(29-35(4)5)60(83)72(22)48(30-36(6)7)61(84)73(23)52(39(12)13)63(86)74(53)24/h25-26,34-48,51-53H,27-33,64H2,1-24H3,(H,65,79)(H,66,78)(H,67,80)/b26-25+/t40-,41?,42+,43+,44+,45+,46+,47+,48+,51+,52?,53-/m1/s1. The van der Waals surface area contributed by atoms with Crippen molar-refractivity contribution in [2.75, 3.05) is 55.9 Å². The molecule has 0 aliphatic carbocycles. The Kier molecular flexibility index (Phi) is 31.6. The van der Waals surface area contributed by atoms with Gasteiger partial charge >= 0.3 is 0 Å². The van der Waals surface area contributed by atoms with Crippen molar-refractivity contribution in [1.29, 1.82) is 0 Å². The first-order chi connectivity index (χ1) is 39.6. The average Bonchev–Trinajstić information content (AvgIpc) is 2.16. The van der Waals surface area contributed by atoms with E-state index in [1.54, 1.807) is 74.5 Å². The van der Waals surface area contributed by atoms with E-state index in [0.29, 0.717) is 0 Å². The molecule has 10 amide bonds. The fourth-order valence-corrected chi connectivity index (χ4v) is 10.9. The molecule has 86 heavy (non-hydrogen) atoms. The summed E-state index contributed by atoms with van der Waals surface area (Å²) in [5.41, 5.74) is 6.24. The lowest BCUT2D eigenvalue weighted by Gasteiger charge is -2.41. The number of allylic oxidation sites excluding steroid dienone is 2. The first kappa shape index (κ1) is 77.8. The van der Waals surface area contributed by atoms with E-state index in [4.69, 9.17) is 5.73 Å². The summed E-state index contributed by atoms with van der Waals surface area (Å²) in [6, 6.07) is -12.1. The molecule has 0 saturated carbocycles. The largest absolute Gasteiger partial charge is 0.343 e. The fraction of sp³-hybridized carbons (Fsp3) is 0.778. The molecule has 490 valence electrons. The van der Waals surface area contributed by atoms with Crippen molar-refractivity contribution in [3.63, 3.8) is 0 Å². The highest BCUT2D eigenvalue weighted by Crippen LogP contribution is 2.27. The normalized spacial score (nSPS) is 26.8. The molecule has 1 aliphatic rings. The molecule has 12 atom stereocenters. The number of carbonyl (C=O) groups is 12. The Hall–Kier alpha value is -6.26. The summed E-state index contributed by atoms with van der Waals surface area (Å²) in [6.07, 6.45) is 3.60. The second kappa shape index (κ2) is 34.9. The van der Waals surface area contributed by atoms with Crippen LogP contribution in [0.1, 0.15) is 156 Å². The van der Waals surface area contributed by atoms with Gasteiger partial charge in [-0.05, 0) is 95.3 Å². The first-order valence-electron chi connectivity index (χ1n) is 30.8. The third-order valence-electron chi connectivity index (χ3n) is 16.3. The molecule has 2 unspecified atom stereocenters. The average molecular weight is 1210 g/mol. The summed E-state index contributed by atoms with van der Waals surface area (Å²) in [4.78, 5) is 184. The van der Waals surface area contributed by atoms with Crippen LogP contribution in [0.15, 0.2) is 12.2 Å². The van der Waals surface area contributed by atoms with Crippen molar-refractivity contribution < 1.29 is 57.5 Å². The summed E-state index contributed by atoms with van der Waals surface area (Å²) >= 11 is 0. The highest BCUT2D eigenvalue weighted by atomic mass is 16.2. The highest BCUT2D eigenvalue weighted by Gasteiger charge is 2.46. The third-order valence-corrected chi connectivity index (χ3v) is 16.3. The Labute approximate surface area is 514 Å². The van der Waals surface area contributed by atoms with Crippen LogP contribution in [-0.4, -0.2) is 221 Å². The van der Waals surface area contributed by atoms with Crippen LogP contribution in [0, 0.1) is 47.3 Å². The lowest BCUT2D eigenvalue weighted by atomic mass is 9.84. The van der Waals surface area contributed by atoms with Crippen molar-refractivity contribution in [2.24, 2.45) is 53.1 Å². The summed E-state index contributed by atoms with van der Waals surface area (Å²) < 4.78 is 0. The maximum atomic E-state index is 15.2. The smallest absolute Gasteiger partial charge is 0.246 e. The number of ketones is 2. The lowest BCUT2D eigenvalue weighted by molar-refractivity contribution is -0.157. The lowest BCUT2D eigenvalue weighted by Crippen LogP contribution is -2.61. The van der Waals surface area contributed by atoms with Crippen LogP contribution in [0.25, 0.3) is 0 Å². The summed E-state index contributed by atoms with van der Waals surface area (Å²) in [5.74, 6) is -12.1. The van der Waals surface area contributed by atoms with Gasteiger partial charge in [-0.2, -0.15) is 0 Å². The van der Waals surface area contributed by atoms with E-state index in [-0.39, 0.29) is 49.9 Å². The molecule has 0 radical (unpaired) electrons. The second-order valence-electron chi connectivity index (χ2n) is 26.5. The van der Waals surface area contributed by atoms with E-state index in [2.05, 4.69) is 16.0 Å². The molecule has 0 aromatic carbocycles. The van der Waals surface area contributed by atoms with E-state index >= 15 is 9.59 Å². The Balaban J connectivity index is 4.37. The Bertz CT molecular complexity index is 2410. The maximum Gasteiger partial charge on any atom is 0.246 e. The molecular weight excluding hydrogens is 1100 g/mol. The number of carbonyl (C=O) groups excluding carboxylic acids is 12. The molecule has 1 saturated heterocycles. The third kappa shape index (κ3) is 21.6. The number of likely N-dealkylation sites (N-methyl/N-ethyl adjacent to an activating group) is 7. The number of hydrogen-bond acceptors (Lipinski definition) is 13. The Morgan fingerprint density at radius 3 is 1.40 bits per heavy atom. The molecule has 23 nitrogen and oxygen atoms in total. The molecule has 5 N–H and O–H groups in total. The van der Waals surface area contributed by atoms with E-state index < -0.39 is 174 Å².